The SMILES string of the molecule is Cc1c(Oc2csc(C=O)c2)cccc1[N+](=O)[O-]. The number of thiophene rings is 1. The van der Waals surface area contributed by atoms with Crippen molar-refractivity contribution < 1.29 is 14.5 Å². The molecule has 6 heteroatoms. The molecule has 0 saturated carbocycles. The molecule has 0 aliphatic rings. The zero-order valence-corrected chi connectivity index (χ0v) is 10.3. The molecule has 2 rings (SSSR count). The topological polar surface area (TPSA) is 69.4 Å². The average molecular weight is 263 g/mol. The van der Waals surface area contributed by atoms with E-state index >= 15 is 0 Å². The van der Waals surface area contributed by atoms with E-state index in [1.54, 1.807) is 30.5 Å². The van der Waals surface area contributed by atoms with Gasteiger partial charge in [0.2, 0.25) is 0 Å². The number of hydrogen-bond donors (Lipinski definition) is 0. The van der Waals surface area contributed by atoms with Gasteiger partial charge in [-0.05, 0) is 13.0 Å². The molecule has 2 aromatic rings. The molecule has 92 valence electrons. The van der Waals surface area contributed by atoms with Crippen molar-refractivity contribution >= 4 is 23.3 Å². The highest BCUT2D eigenvalue weighted by Gasteiger charge is 2.14. The Balaban J connectivity index is 2.31. The van der Waals surface area contributed by atoms with Crippen molar-refractivity contribution in [1.82, 2.24) is 0 Å². The highest BCUT2D eigenvalue weighted by atomic mass is 32.1. The summed E-state index contributed by atoms with van der Waals surface area (Å²) in [6, 6.07) is 6.23. The van der Waals surface area contributed by atoms with Crippen LogP contribution in [-0.2, 0) is 0 Å². The van der Waals surface area contributed by atoms with Crippen molar-refractivity contribution in [2.75, 3.05) is 0 Å². The second kappa shape index (κ2) is 4.97. The molecule has 0 spiro atoms. The molecule has 18 heavy (non-hydrogen) atoms. The molecule has 0 aliphatic carbocycles. The minimum absolute atomic E-state index is 0.0124. The van der Waals surface area contributed by atoms with Crippen molar-refractivity contribution in [2.45, 2.75) is 6.92 Å². The van der Waals surface area contributed by atoms with E-state index < -0.39 is 4.92 Å². The maximum absolute atomic E-state index is 10.8. The zero-order valence-electron chi connectivity index (χ0n) is 9.45. The monoisotopic (exact) mass is 263 g/mol. The van der Waals surface area contributed by atoms with Gasteiger partial charge in [0.05, 0.1) is 15.4 Å². The van der Waals surface area contributed by atoms with E-state index in [1.807, 2.05) is 0 Å². The summed E-state index contributed by atoms with van der Waals surface area (Å²) in [5.74, 6) is 0.921. The van der Waals surface area contributed by atoms with Gasteiger partial charge in [0.15, 0.2) is 6.29 Å². The summed E-state index contributed by atoms with van der Waals surface area (Å²) in [4.78, 5) is 21.4. The normalized spacial score (nSPS) is 10.1. The summed E-state index contributed by atoms with van der Waals surface area (Å²) in [7, 11) is 0. The lowest BCUT2D eigenvalue weighted by Crippen LogP contribution is -1.94. The second-order valence-electron chi connectivity index (χ2n) is 3.56. The predicted octanol–water partition coefficient (Wildman–Crippen LogP) is 3.57. The number of ether oxygens (including phenoxy) is 1. The molecule has 0 bridgehead atoms. The fourth-order valence-electron chi connectivity index (χ4n) is 1.49. The van der Waals surface area contributed by atoms with Crippen molar-refractivity contribution in [1.29, 1.82) is 0 Å². The zero-order chi connectivity index (χ0) is 13.1. The van der Waals surface area contributed by atoms with E-state index in [4.69, 9.17) is 4.74 Å². The maximum atomic E-state index is 10.8. The number of carbonyl (C=O) groups excluding carboxylic acids is 1. The molecular weight excluding hydrogens is 254 g/mol. The first-order chi connectivity index (χ1) is 8.61. The van der Waals surface area contributed by atoms with Gasteiger partial charge in [-0.3, -0.25) is 14.9 Å². The van der Waals surface area contributed by atoms with Crippen LogP contribution >= 0.6 is 11.3 Å². The Kier molecular flexibility index (Phi) is 3.38. The van der Waals surface area contributed by atoms with Gasteiger partial charge in [-0.1, -0.05) is 6.07 Å². The predicted molar refractivity (Wildman–Crippen MR) is 67.6 cm³/mol. The Morgan fingerprint density at radius 1 is 1.44 bits per heavy atom. The minimum Gasteiger partial charge on any atom is -0.456 e. The lowest BCUT2D eigenvalue weighted by atomic mass is 10.2. The van der Waals surface area contributed by atoms with E-state index in [0.29, 0.717) is 21.9 Å². The van der Waals surface area contributed by atoms with Crippen LogP contribution in [0, 0.1) is 17.0 Å². The number of benzene rings is 1. The van der Waals surface area contributed by atoms with Crippen LogP contribution in [-0.4, -0.2) is 11.2 Å². The van der Waals surface area contributed by atoms with Gasteiger partial charge in [0.25, 0.3) is 5.69 Å². The standard InChI is InChI=1S/C12H9NO4S/c1-8-11(13(15)16)3-2-4-12(8)17-9-5-10(6-14)18-7-9/h2-7H,1H3. The van der Waals surface area contributed by atoms with Gasteiger partial charge >= 0.3 is 0 Å². The molecule has 0 N–H and O–H groups in total. The molecule has 5 nitrogen and oxygen atoms in total. The molecule has 0 atom stereocenters. The third kappa shape index (κ3) is 2.38. The number of rotatable bonds is 4. The minimum atomic E-state index is -0.452. The quantitative estimate of drug-likeness (QED) is 0.480. The van der Waals surface area contributed by atoms with E-state index in [0.717, 1.165) is 6.29 Å². The number of hydrogen-bond acceptors (Lipinski definition) is 5. The lowest BCUT2D eigenvalue weighted by Gasteiger charge is -2.06. The first-order valence-corrected chi connectivity index (χ1v) is 5.95. The second-order valence-corrected chi connectivity index (χ2v) is 4.50. The lowest BCUT2D eigenvalue weighted by molar-refractivity contribution is -0.385. The Morgan fingerprint density at radius 3 is 2.83 bits per heavy atom. The summed E-state index contributed by atoms with van der Waals surface area (Å²) >= 11 is 1.26. The Labute approximate surface area is 107 Å². The number of nitro benzene ring substituents is 1. The van der Waals surface area contributed by atoms with Gasteiger partial charge in [0.1, 0.15) is 11.5 Å². The Bertz CT molecular complexity index is 606. The van der Waals surface area contributed by atoms with Gasteiger partial charge < -0.3 is 4.74 Å². The smallest absolute Gasteiger partial charge is 0.276 e. The fraction of sp³-hybridized carbons (Fsp3) is 0.0833. The summed E-state index contributed by atoms with van der Waals surface area (Å²) in [5, 5.41) is 12.5. The van der Waals surface area contributed by atoms with Gasteiger partial charge in [-0.25, -0.2) is 0 Å². The molecular formula is C12H9NO4S. The van der Waals surface area contributed by atoms with Crippen molar-refractivity contribution in [3.63, 3.8) is 0 Å². The summed E-state index contributed by atoms with van der Waals surface area (Å²) in [6.07, 6.45) is 0.734. The maximum Gasteiger partial charge on any atom is 0.276 e. The van der Waals surface area contributed by atoms with Crippen LogP contribution in [0.4, 0.5) is 5.69 Å². The van der Waals surface area contributed by atoms with E-state index in [-0.39, 0.29) is 5.69 Å². The first-order valence-electron chi connectivity index (χ1n) is 5.07. The molecule has 1 aromatic carbocycles. The highest BCUT2D eigenvalue weighted by molar-refractivity contribution is 7.11. The fourth-order valence-corrected chi connectivity index (χ4v) is 2.10. The number of nitrogens with zero attached hydrogens (tertiary/aromatic N) is 1. The van der Waals surface area contributed by atoms with Crippen molar-refractivity contribution in [3.8, 4) is 11.5 Å². The number of carbonyl (C=O) groups is 1. The average Bonchev–Trinajstić information content (AvgIpc) is 2.79. The number of nitro groups is 1. The van der Waals surface area contributed by atoms with Gasteiger partial charge in [0, 0.05) is 17.5 Å². The molecule has 0 fully saturated rings. The molecule has 1 aromatic heterocycles. The van der Waals surface area contributed by atoms with Crippen LogP contribution in [0.2, 0.25) is 0 Å². The van der Waals surface area contributed by atoms with E-state index in [1.165, 1.54) is 17.4 Å². The van der Waals surface area contributed by atoms with Crippen LogP contribution in [0.3, 0.4) is 0 Å². The van der Waals surface area contributed by atoms with Gasteiger partial charge in [-0.2, -0.15) is 0 Å². The van der Waals surface area contributed by atoms with Crippen LogP contribution < -0.4 is 4.74 Å². The molecule has 0 unspecified atom stereocenters. The molecule has 0 saturated heterocycles. The highest BCUT2D eigenvalue weighted by Crippen LogP contribution is 2.32. The van der Waals surface area contributed by atoms with E-state index in [9.17, 15) is 14.9 Å². The summed E-state index contributed by atoms with van der Waals surface area (Å²) < 4.78 is 5.53. The molecule has 1 heterocycles. The Morgan fingerprint density at radius 2 is 2.22 bits per heavy atom. The van der Waals surface area contributed by atoms with E-state index in [2.05, 4.69) is 0 Å². The third-order valence-corrected chi connectivity index (χ3v) is 3.23. The van der Waals surface area contributed by atoms with Crippen LogP contribution in [0.15, 0.2) is 29.6 Å². The largest absolute Gasteiger partial charge is 0.456 e. The third-order valence-electron chi connectivity index (χ3n) is 2.39. The van der Waals surface area contributed by atoms with Crippen molar-refractivity contribution in [2.24, 2.45) is 0 Å². The summed E-state index contributed by atoms with van der Waals surface area (Å²) in [6.45, 7) is 1.63. The van der Waals surface area contributed by atoms with Crippen molar-refractivity contribution in [3.05, 3.63) is 50.2 Å². The van der Waals surface area contributed by atoms with Gasteiger partial charge in [-0.15, -0.1) is 11.3 Å². The number of aldehydes is 1. The van der Waals surface area contributed by atoms with Crippen LogP contribution in [0.25, 0.3) is 0 Å². The first kappa shape index (κ1) is 12.3. The van der Waals surface area contributed by atoms with Crippen LogP contribution in [0.1, 0.15) is 15.2 Å². The van der Waals surface area contributed by atoms with Crippen LogP contribution in [0.5, 0.6) is 11.5 Å². The molecule has 0 amide bonds. The molecule has 0 aliphatic heterocycles. The molecule has 0 radical (unpaired) electrons. The Hall–Kier alpha value is -2.21. The summed E-state index contributed by atoms with van der Waals surface area (Å²) in [5.41, 5.74) is 0.472.